The van der Waals surface area contributed by atoms with Crippen LogP contribution in [0.1, 0.15) is 34.1 Å². The van der Waals surface area contributed by atoms with E-state index in [9.17, 15) is 9.59 Å². The molecule has 0 unspecified atom stereocenters. The second-order valence-corrected chi connectivity index (χ2v) is 4.84. The quantitative estimate of drug-likeness (QED) is 0.566. The fourth-order valence-corrected chi connectivity index (χ4v) is 1.96. The molecule has 22 heavy (non-hydrogen) atoms. The van der Waals surface area contributed by atoms with Gasteiger partial charge in [0.1, 0.15) is 0 Å². The molecule has 0 saturated heterocycles. The second-order valence-electron chi connectivity index (χ2n) is 4.84. The summed E-state index contributed by atoms with van der Waals surface area (Å²) < 4.78 is 0. The van der Waals surface area contributed by atoms with E-state index in [0.29, 0.717) is 5.56 Å². The molecule has 0 aromatic heterocycles. The van der Waals surface area contributed by atoms with Crippen LogP contribution in [0.2, 0.25) is 0 Å². The zero-order valence-electron chi connectivity index (χ0n) is 12.3. The van der Waals surface area contributed by atoms with Crippen molar-refractivity contribution in [1.82, 2.24) is 10.9 Å². The Balaban J connectivity index is 2.08. The molecular formula is C17H18N2O3. The Morgan fingerprint density at radius 1 is 0.909 bits per heavy atom. The topological polar surface area (TPSA) is 78.4 Å². The van der Waals surface area contributed by atoms with E-state index in [-0.39, 0.29) is 11.5 Å². The van der Waals surface area contributed by atoms with Gasteiger partial charge in [0.05, 0.1) is 5.56 Å². The highest BCUT2D eigenvalue weighted by Crippen LogP contribution is 2.20. The molecule has 0 heterocycles. The van der Waals surface area contributed by atoms with Crippen LogP contribution in [0, 0.1) is 0 Å². The lowest BCUT2D eigenvalue weighted by Gasteiger charge is -2.07. The van der Waals surface area contributed by atoms with Crippen molar-refractivity contribution in [3.05, 3.63) is 59.7 Å². The van der Waals surface area contributed by atoms with Crippen molar-refractivity contribution in [2.45, 2.75) is 13.3 Å². The summed E-state index contributed by atoms with van der Waals surface area (Å²) in [6.07, 6.45) is 0.936. The minimum absolute atomic E-state index is 0.179. The highest BCUT2D eigenvalue weighted by Gasteiger charge is 2.06. The molecule has 5 heteroatoms. The summed E-state index contributed by atoms with van der Waals surface area (Å²) in [6, 6.07) is 13.8. The number of carbonyl (C=O) groups excluding carboxylic acids is 1. The third kappa shape index (κ3) is 3.93. The molecule has 0 radical (unpaired) electrons. The molecule has 1 amide bonds. The number of amides is 1. The Kier molecular flexibility index (Phi) is 5.27. The van der Waals surface area contributed by atoms with Crippen molar-refractivity contribution in [1.29, 1.82) is 0 Å². The zero-order chi connectivity index (χ0) is 15.9. The molecule has 0 aliphatic rings. The molecular weight excluding hydrogens is 280 g/mol. The lowest BCUT2D eigenvalue weighted by molar-refractivity contribution is 0.0696. The first-order valence-corrected chi connectivity index (χ1v) is 7.09. The van der Waals surface area contributed by atoms with Gasteiger partial charge in [0.15, 0.2) is 0 Å². The molecule has 0 aliphatic carbocycles. The summed E-state index contributed by atoms with van der Waals surface area (Å²) in [4.78, 5) is 22.7. The van der Waals surface area contributed by atoms with Crippen molar-refractivity contribution in [3.8, 4) is 11.1 Å². The second kappa shape index (κ2) is 7.38. The molecule has 2 aromatic rings. The summed E-state index contributed by atoms with van der Waals surface area (Å²) >= 11 is 0. The van der Waals surface area contributed by atoms with Crippen LogP contribution >= 0.6 is 0 Å². The minimum atomic E-state index is -0.946. The molecule has 3 N–H and O–H groups in total. The Bertz CT molecular complexity index is 649. The van der Waals surface area contributed by atoms with E-state index in [1.807, 2.05) is 19.1 Å². The summed E-state index contributed by atoms with van der Waals surface area (Å²) in [6.45, 7) is 2.74. The summed E-state index contributed by atoms with van der Waals surface area (Å²) in [5.74, 6) is -1.13. The third-order valence-electron chi connectivity index (χ3n) is 3.19. The van der Waals surface area contributed by atoms with Crippen LogP contribution in [0.3, 0.4) is 0 Å². The zero-order valence-corrected chi connectivity index (χ0v) is 12.3. The van der Waals surface area contributed by atoms with Crippen LogP contribution < -0.4 is 10.9 Å². The van der Waals surface area contributed by atoms with E-state index in [0.717, 1.165) is 24.1 Å². The maximum Gasteiger partial charge on any atom is 0.335 e. The van der Waals surface area contributed by atoms with Crippen LogP contribution in [0.25, 0.3) is 11.1 Å². The van der Waals surface area contributed by atoms with E-state index >= 15 is 0 Å². The number of carbonyl (C=O) groups is 2. The van der Waals surface area contributed by atoms with Crippen LogP contribution in [0.15, 0.2) is 48.5 Å². The van der Waals surface area contributed by atoms with Gasteiger partial charge in [-0.1, -0.05) is 31.2 Å². The van der Waals surface area contributed by atoms with E-state index < -0.39 is 5.97 Å². The van der Waals surface area contributed by atoms with Crippen LogP contribution in [0.5, 0.6) is 0 Å². The number of aromatic carboxylic acids is 1. The van der Waals surface area contributed by atoms with E-state index in [1.54, 1.807) is 36.4 Å². The number of nitrogens with one attached hydrogen (secondary N) is 2. The Morgan fingerprint density at radius 3 is 1.86 bits per heavy atom. The summed E-state index contributed by atoms with van der Waals surface area (Å²) in [5.41, 5.74) is 8.11. The number of hydrazine groups is 1. The highest BCUT2D eigenvalue weighted by atomic mass is 16.4. The molecule has 0 fully saturated rings. The maximum absolute atomic E-state index is 11.8. The molecule has 5 nitrogen and oxygen atoms in total. The van der Waals surface area contributed by atoms with Crippen molar-refractivity contribution in [2.75, 3.05) is 6.54 Å². The van der Waals surface area contributed by atoms with E-state index in [1.165, 1.54) is 0 Å². The van der Waals surface area contributed by atoms with Gasteiger partial charge < -0.3 is 5.11 Å². The Morgan fingerprint density at radius 2 is 1.41 bits per heavy atom. The summed E-state index contributed by atoms with van der Waals surface area (Å²) in [5, 5.41) is 8.88. The smallest absolute Gasteiger partial charge is 0.335 e. The Hall–Kier alpha value is -2.66. The fraction of sp³-hybridized carbons (Fsp3) is 0.176. The first-order valence-electron chi connectivity index (χ1n) is 7.09. The van der Waals surface area contributed by atoms with Gasteiger partial charge in [0.2, 0.25) is 0 Å². The molecule has 2 rings (SSSR count). The van der Waals surface area contributed by atoms with Crippen molar-refractivity contribution >= 4 is 11.9 Å². The summed E-state index contributed by atoms with van der Waals surface area (Å²) in [7, 11) is 0. The van der Waals surface area contributed by atoms with Crippen molar-refractivity contribution in [2.24, 2.45) is 0 Å². The van der Waals surface area contributed by atoms with Gasteiger partial charge in [-0.3, -0.25) is 10.2 Å². The van der Waals surface area contributed by atoms with Crippen molar-refractivity contribution < 1.29 is 14.7 Å². The third-order valence-corrected chi connectivity index (χ3v) is 3.19. The van der Waals surface area contributed by atoms with Crippen LogP contribution in [-0.2, 0) is 0 Å². The molecule has 0 aliphatic heterocycles. The molecule has 0 atom stereocenters. The number of hydrogen-bond donors (Lipinski definition) is 3. The predicted molar refractivity (Wildman–Crippen MR) is 84.6 cm³/mol. The predicted octanol–water partition coefficient (Wildman–Crippen LogP) is 2.70. The molecule has 2 aromatic carbocycles. The number of carboxylic acid groups (broad SMARTS) is 1. The number of carboxylic acids is 1. The van der Waals surface area contributed by atoms with Gasteiger partial charge in [-0.15, -0.1) is 0 Å². The highest BCUT2D eigenvalue weighted by molar-refractivity contribution is 5.94. The van der Waals surface area contributed by atoms with Gasteiger partial charge in [-0.25, -0.2) is 10.2 Å². The number of rotatable bonds is 6. The van der Waals surface area contributed by atoms with E-state index in [4.69, 9.17) is 5.11 Å². The Labute approximate surface area is 129 Å². The lowest BCUT2D eigenvalue weighted by Crippen LogP contribution is -2.37. The fourth-order valence-electron chi connectivity index (χ4n) is 1.96. The van der Waals surface area contributed by atoms with Crippen molar-refractivity contribution in [3.63, 3.8) is 0 Å². The SMILES string of the molecule is CCCNNC(=O)c1ccc(-c2ccc(C(=O)O)cc2)cc1. The first kappa shape index (κ1) is 15.7. The first-order chi connectivity index (χ1) is 10.6. The lowest BCUT2D eigenvalue weighted by atomic mass is 10.0. The van der Waals surface area contributed by atoms with Gasteiger partial charge in [0, 0.05) is 12.1 Å². The molecule has 0 saturated carbocycles. The molecule has 0 bridgehead atoms. The number of hydrogen-bond acceptors (Lipinski definition) is 3. The van der Waals surface area contributed by atoms with Crippen LogP contribution in [-0.4, -0.2) is 23.5 Å². The largest absolute Gasteiger partial charge is 0.478 e. The molecule has 0 spiro atoms. The van der Waals surface area contributed by atoms with Gasteiger partial charge in [0.25, 0.3) is 5.91 Å². The average Bonchev–Trinajstić information content (AvgIpc) is 2.55. The van der Waals surface area contributed by atoms with Gasteiger partial charge in [-0.05, 0) is 41.8 Å². The number of benzene rings is 2. The monoisotopic (exact) mass is 298 g/mol. The van der Waals surface area contributed by atoms with E-state index in [2.05, 4.69) is 10.9 Å². The van der Waals surface area contributed by atoms with Gasteiger partial charge >= 0.3 is 5.97 Å². The maximum atomic E-state index is 11.8. The van der Waals surface area contributed by atoms with Gasteiger partial charge in [-0.2, -0.15) is 0 Å². The molecule has 114 valence electrons. The average molecular weight is 298 g/mol. The standard InChI is InChI=1S/C17H18N2O3/c1-2-11-18-19-16(20)14-7-3-12(4-8-14)13-5-9-15(10-6-13)17(21)22/h3-10,18H,2,11H2,1H3,(H,19,20)(H,21,22). The normalized spacial score (nSPS) is 10.2. The van der Waals surface area contributed by atoms with Crippen LogP contribution in [0.4, 0.5) is 0 Å². The minimum Gasteiger partial charge on any atom is -0.478 e.